The molecule has 0 aliphatic heterocycles. The van der Waals surface area contributed by atoms with Gasteiger partial charge in [-0.25, -0.2) is 4.52 Å². The largest absolute Gasteiger partial charge is 0.310 e. The van der Waals surface area contributed by atoms with E-state index >= 15 is 0 Å². The lowest BCUT2D eigenvalue weighted by Gasteiger charge is -1.91. The van der Waals surface area contributed by atoms with E-state index in [1.54, 1.807) is 10.7 Å². The van der Waals surface area contributed by atoms with Crippen LogP contribution in [0.25, 0.3) is 4.96 Å². The molecule has 0 aliphatic carbocycles. The molecule has 0 bridgehead atoms. The first-order valence-electron chi connectivity index (χ1n) is 3.44. The lowest BCUT2D eigenvalue weighted by Crippen LogP contribution is -2.05. The second-order valence-electron chi connectivity index (χ2n) is 2.39. The maximum atomic E-state index is 10.7. The molecule has 0 saturated heterocycles. The van der Waals surface area contributed by atoms with Gasteiger partial charge < -0.3 is 5.32 Å². The fraction of sp³-hybridized carbons (Fsp3) is 0.167. The van der Waals surface area contributed by atoms with Crippen LogP contribution in [-0.4, -0.2) is 20.5 Å². The number of nitrogens with one attached hydrogen (secondary N) is 1. The fourth-order valence-corrected chi connectivity index (χ4v) is 2.13. The molecule has 0 fully saturated rings. The van der Waals surface area contributed by atoms with Crippen molar-refractivity contribution in [2.45, 2.75) is 6.92 Å². The predicted octanol–water partition coefficient (Wildman–Crippen LogP) is 1.51. The Morgan fingerprint density at radius 3 is 3.15 bits per heavy atom. The van der Waals surface area contributed by atoms with Crippen LogP contribution in [-0.2, 0) is 4.79 Å². The van der Waals surface area contributed by atoms with Crippen molar-refractivity contribution in [1.82, 2.24) is 14.6 Å². The fourth-order valence-electron chi connectivity index (χ4n) is 0.916. The number of carbonyl (C=O) groups excluding carboxylic acids is 1. The summed E-state index contributed by atoms with van der Waals surface area (Å²) in [5, 5.41) is 6.66. The molecule has 7 heteroatoms. The van der Waals surface area contributed by atoms with Gasteiger partial charge in [-0.2, -0.15) is 4.98 Å². The second kappa shape index (κ2) is 3.08. The number of rotatable bonds is 1. The van der Waals surface area contributed by atoms with Crippen LogP contribution in [0.3, 0.4) is 0 Å². The molecule has 0 unspecified atom stereocenters. The molecule has 5 nitrogen and oxygen atoms in total. The summed E-state index contributed by atoms with van der Waals surface area (Å²) in [5.41, 5.74) is 0. The topological polar surface area (TPSA) is 59.3 Å². The summed E-state index contributed by atoms with van der Waals surface area (Å²) < 4.78 is 2.38. The Morgan fingerprint density at radius 1 is 1.77 bits per heavy atom. The average Bonchev–Trinajstić information content (AvgIpc) is 2.41. The minimum Gasteiger partial charge on any atom is -0.310 e. The van der Waals surface area contributed by atoms with Crippen molar-refractivity contribution in [1.29, 1.82) is 0 Å². The third-order valence-electron chi connectivity index (χ3n) is 1.32. The molecular formula is C6H5BrN4OS. The van der Waals surface area contributed by atoms with Gasteiger partial charge >= 0.3 is 0 Å². The Kier molecular flexibility index (Phi) is 2.04. The first-order chi connectivity index (χ1) is 6.15. The lowest BCUT2D eigenvalue weighted by atomic mass is 10.6. The van der Waals surface area contributed by atoms with E-state index in [9.17, 15) is 4.79 Å². The first kappa shape index (κ1) is 8.64. The highest BCUT2D eigenvalue weighted by Gasteiger charge is 2.06. The Labute approximate surface area is 85.9 Å². The van der Waals surface area contributed by atoms with Gasteiger partial charge in [0, 0.05) is 6.92 Å². The molecule has 1 amide bonds. The predicted molar refractivity (Wildman–Crippen MR) is 52.9 cm³/mol. The highest BCUT2D eigenvalue weighted by Crippen LogP contribution is 2.20. The van der Waals surface area contributed by atoms with E-state index in [2.05, 4.69) is 31.3 Å². The Bertz CT molecular complexity index is 431. The van der Waals surface area contributed by atoms with Crippen LogP contribution in [0.2, 0.25) is 0 Å². The minimum absolute atomic E-state index is 0.134. The zero-order valence-corrected chi connectivity index (χ0v) is 9.02. The quantitative estimate of drug-likeness (QED) is 0.846. The molecule has 2 rings (SSSR count). The smallest absolute Gasteiger partial charge is 0.222 e. The third kappa shape index (κ3) is 1.70. The zero-order valence-electron chi connectivity index (χ0n) is 6.61. The van der Waals surface area contributed by atoms with Gasteiger partial charge in [-0.1, -0.05) is 11.3 Å². The SMILES string of the molecule is CC(=O)Nc1cn2nc(Br)sc2n1. The minimum atomic E-state index is -0.134. The van der Waals surface area contributed by atoms with Crippen molar-refractivity contribution in [2.24, 2.45) is 0 Å². The summed E-state index contributed by atoms with van der Waals surface area (Å²) in [6.45, 7) is 1.44. The maximum absolute atomic E-state index is 10.7. The van der Waals surface area contributed by atoms with Crippen molar-refractivity contribution in [3.8, 4) is 0 Å². The molecule has 1 N–H and O–H groups in total. The molecule has 0 spiro atoms. The summed E-state index contributed by atoms with van der Waals surface area (Å²) >= 11 is 4.64. The zero-order chi connectivity index (χ0) is 9.42. The molecule has 2 aromatic heterocycles. The summed E-state index contributed by atoms with van der Waals surface area (Å²) in [6, 6.07) is 0. The molecule has 13 heavy (non-hydrogen) atoms. The number of hydrogen-bond donors (Lipinski definition) is 1. The summed E-state index contributed by atoms with van der Waals surface area (Å²) in [5.74, 6) is 0.392. The molecule has 0 aromatic carbocycles. The van der Waals surface area contributed by atoms with Crippen LogP contribution < -0.4 is 5.32 Å². The van der Waals surface area contributed by atoms with Crippen molar-refractivity contribution in [2.75, 3.05) is 5.32 Å². The van der Waals surface area contributed by atoms with Gasteiger partial charge in [0.15, 0.2) is 9.73 Å². The molecule has 68 valence electrons. The van der Waals surface area contributed by atoms with Crippen LogP contribution >= 0.6 is 27.3 Å². The number of anilines is 1. The number of fused-ring (bicyclic) bond motifs is 1. The second-order valence-corrected chi connectivity index (χ2v) is 4.62. The maximum Gasteiger partial charge on any atom is 0.222 e. The molecule has 2 aromatic rings. The number of nitrogens with zero attached hydrogens (tertiary/aromatic N) is 3. The van der Waals surface area contributed by atoms with E-state index in [1.165, 1.54) is 18.3 Å². The van der Waals surface area contributed by atoms with E-state index in [0.29, 0.717) is 5.82 Å². The summed E-state index contributed by atoms with van der Waals surface area (Å²) in [6.07, 6.45) is 1.66. The average molecular weight is 261 g/mol. The highest BCUT2D eigenvalue weighted by atomic mass is 79.9. The van der Waals surface area contributed by atoms with Gasteiger partial charge in [-0.3, -0.25) is 4.79 Å². The monoisotopic (exact) mass is 260 g/mol. The molecular weight excluding hydrogens is 256 g/mol. The molecule has 2 heterocycles. The highest BCUT2D eigenvalue weighted by molar-refractivity contribution is 9.11. The van der Waals surface area contributed by atoms with Crippen molar-refractivity contribution < 1.29 is 4.79 Å². The van der Waals surface area contributed by atoms with Crippen LogP contribution in [0.1, 0.15) is 6.92 Å². The number of halogens is 1. The number of imidazole rings is 1. The Balaban J connectivity index is 2.39. The van der Waals surface area contributed by atoms with Gasteiger partial charge in [0.2, 0.25) is 10.9 Å². The van der Waals surface area contributed by atoms with Crippen LogP contribution in [0.4, 0.5) is 5.82 Å². The lowest BCUT2D eigenvalue weighted by molar-refractivity contribution is -0.114. The van der Waals surface area contributed by atoms with Gasteiger partial charge in [0.1, 0.15) is 0 Å². The van der Waals surface area contributed by atoms with Crippen molar-refractivity contribution >= 4 is 44.0 Å². The number of aromatic nitrogens is 3. The van der Waals surface area contributed by atoms with E-state index in [4.69, 9.17) is 0 Å². The number of hydrogen-bond acceptors (Lipinski definition) is 4. The third-order valence-corrected chi connectivity index (χ3v) is 2.68. The number of amides is 1. The van der Waals surface area contributed by atoms with E-state index < -0.39 is 0 Å². The first-order valence-corrected chi connectivity index (χ1v) is 5.05. The van der Waals surface area contributed by atoms with Gasteiger partial charge in [-0.15, -0.1) is 5.10 Å². The van der Waals surface area contributed by atoms with Crippen molar-refractivity contribution in [3.63, 3.8) is 0 Å². The van der Waals surface area contributed by atoms with Gasteiger partial charge in [0.25, 0.3) is 0 Å². The van der Waals surface area contributed by atoms with E-state index in [1.807, 2.05) is 0 Å². The van der Waals surface area contributed by atoms with E-state index in [-0.39, 0.29) is 5.91 Å². The number of carbonyl (C=O) groups is 1. The molecule has 0 radical (unpaired) electrons. The van der Waals surface area contributed by atoms with E-state index in [0.717, 1.165) is 8.88 Å². The van der Waals surface area contributed by atoms with Gasteiger partial charge in [0.05, 0.1) is 6.20 Å². The molecule has 0 saturated carbocycles. The molecule has 0 aliphatic rings. The Hall–Kier alpha value is -0.950. The van der Waals surface area contributed by atoms with Gasteiger partial charge in [-0.05, 0) is 15.9 Å². The Morgan fingerprint density at radius 2 is 2.54 bits per heavy atom. The standard InChI is InChI=1S/C6H5BrN4OS/c1-3(12)8-4-2-11-6(9-4)13-5(7)10-11/h2H,1H3,(H,8,12). The van der Waals surface area contributed by atoms with Crippen molar-refractivity contribution in [3.05, 3.63) is 10.1 Å². The van der Waals surface area contributed by atoms with Crippen LogP contribution in [0.15, 0.2) is 10.1 Å². The summed E-state index contributed by atoms with van der Waals surface area (Å²) in [4.78, 5) is 15.6. The molecule has 0 atom stereocenters. The van der Waals surface area contributed by atoms with Crippen LogP contribution in [0.5, 0.6) is 0 Å². The summed E-state index contributed by atoms with van der Waals surface area (Å²) in [7, 11) is 0. The van der Waals surface area contributed by atoms with Crippen LogP contribution in [0, 0.1) is 0 Å². The normalized spacial score (nSPS) is 10.6.